The number of halogens is 2. The fourth-order valence-corrected chi connectivity index (χ4v) is 1.60. The molecule has 7 nitrogen and oxygen atoms in total. The molecule has 0 heterocycles. The average molecular weight is 331 g/mol. The quantitative estimate of drug-likeness (QED) is 0.355. The van der Waals surface area contributed by atoms with Crippen LogP contribution < -0.4 is 10.6 Å². The zero-order chi connectivity index (χ0) is 17.9. The summed E-state index contributed by atoms with van der Waals surface area (Å²) >= 11 is 0. The Kier molecular flexibility index (Phi) is 9.30. The van der Waals surface area contributed by atoms with E-state index < -0.39 is 29.7 Å². The molecular weight excluding hydrogens is 312 g/mol. The van der Waals surface area contributed by atoms with E-state index >= 15 is 0 Å². The lowest BCUT2D eigenvalue weighted by atomic mass is 10.1. The van der Waals surface area contributed by atoms with Crippen molar-refractivity contribution in [2.24, 2.45) is 5.18 Å². The molecule has 1 unspecified atom stereocenters. The van der Waals surface area contributed by atoms with Gasteiger partial charge in [0.05, 0.1) is 0 Å². The minimum absolute atomic E-state index is 0.0112. The highest BCUT2D eigenvalue weighted by Gasteiger charge is 2.31. The van der Waals surface area contributed by atoms with Crippen molar-refractivity contribution in [2.45, 2.75) is 51.0 Å². The van der Waals surface area contributed by atoms with Crippen LogP contribution in [0.1, 0.15) is 39.0 Å². The van der Waals surface area contributed by atoms with Crippen LogP contribution >= 0.6 is 0 Å². The molecule has 0 saturated heterocycles. The highest BCUT2D eigenvalue weighted by atomic mass is 19.3. The van der Waals surface area contributed by atoms with Crippen LogP contribution in [-0.4, -0.2) is 36.2 Å². The number of rotatable bonds is 10. The maximum atomic E-state index is 12.6. The van der Waals surface area contributed by atoms with E-state index in [-0.39, 0.29) is 25.8 Å². The summed E-state index contributed by atoms with van der Waals surface area (Å²) in [6.07, 6.45) is 5.93. The van der Waals surface area contributed by atoms with E-state index in [1.165, 1.54) is 0 Å². The maximum absolute atomic E-state index is 12.6. The van der Waals surface area contributed by atoms with Crippen molar-refractivity contribution < 1.29 is 23.2 Å². The number of amides is 3. The first-order valence-corrected chi connectivity index (χ1v) is 6.98. The van der Waals surface area contributed by atoms with Crippen LogP contribution in [0.3, 0.4) is 0 Å². The standard InChI is InChI=1S/C14H19F2N3O4/c1-3-4-8-11(20)18-10(12(21)19-23)7-5-6-9-17-13(22)14(2,15)16/h1,10H,4-9H2,2H3,(H,17,22)(H,18,20). The van der Waals surface area contributed by atoms with Crippen LogP contribution in [0.4, 0.5) is 8.78 Å². The fourth-order valence-electron chi connectivity index (χ4n) is 1.60. The molecule has 0 aliphatic carbocycles. The minimum Gasteiger partial charge on any atom is -0.351 e. The van der Waals surface area contributed by atoms with Gasteiger partial charge in [-0.3, -0.25) is 14.4 Å². The molecule has 23 heavy (non-hydrogen) atoms. The molecular formula is C14H19F2N3O4. The summed E-state index contributed by atoms with van der Waals surface area (Å²) in [6.45, 7) is 0.473. The van der Waals surface area contributed by atoms with Crippen molar-refractivity contribution in [3.8, 4) is 12.3 Å². The van der Waals surface area contributed by atoms with Gasteiger partial charge in [0.1, 0.15) is 6.04 Å². The maximum Gasteiger partial charge on any atom is 0.321 e. The van der Waals surface area contributed by atoms with Crippen LogP contribution in [0.2, 0.25) is 0 Å². The molecule has 0 aliphatic heterocycles. The molecule has 3 amide bonds. The normalized spacial score (nSPS) is 11.9. The topological polar surface area (TPSA) is 105 Å². The summed E-state index contributed by atoms with van der Waals surface area (Å²) in [6, 6.07) is -1.08. The van der Waals surface area contributed by atoms with Crippen molar-refractivity contribution in [1.82, 2.24) is 10.6 Å². The Morgan fingerprint density at radius 1 is 1.30 bits per heavy atom. The third-order valence-corrected chi connectivity index (χ3v) is 2.82. The van der Waals surface area contributed by atoms with Gasteiger partial charge in [0, 0.05) is 31.5 Å². The van der Waals surface area contributed by atoms with Crippen LogP contribution in [-0.2, 0) is 14.4 Å². The van der Waals surface area contributed by atoms with Gasteiger partial charge in [-0.15, -0.1) is 17.3 Å². The molecule has 0 saturated carbocycles. The van der Waals surface area contributed by atoms with Gasteiger partial charge in [0.2, 0.25) is 5.91 Å². The van der Waals surface area contributed by atoms with Crippen molar-refractivity contribution in [3.05, 3.63) is 4.91 Å². The predicted octanol–water partition coefficient (Wildman–Crippen LogP) is 1.12. The number of carbonyl (C=O) groups excluding carboxylic acids is 3. The summed E-state index contributed by atoms with van der Waals surface area (Å²) in [7, 11) is 0. The van der Waals surface area contributed by atoms with E-state index in [4.69, 9.17) is 6.42 Å². The van der Waals surface area contributed by atoms with Crippen molar-refractivity contribution >= 4 is 17.7 Å². The van der Waals surface area contributed by atoms with Gasteiger partial charge in [-0.25, -0.2) is 0 Å². The molecule has 0 rings (SSSR count). The predicted molar refractivity (Wildman–Crippen MR) is 78.3 cm³/mol. The average Bonchev–Trinajstić information content (AvgIpc) is 2.49. The van der Waals surface area contributed by atoms with Gasteiger partial charge in [0.15, 0.2) is 0 Å². The molecule has 0 aromatic carbocycles. The van der Waals surface area contributed by atoms with Crippen molar-refractivity contribution in [3.63, 3.8) is 0 Å². The number of hydrogen-bond acceptors (Lipinski definition) is 4. The number of nitrogens with one attached hydrogen (secondary N) is 2. The summed E-state index contributed by atoms with van der Waals surface area (Å²) in [5.41, 5.74) is 0. The van der Waals surface area contributed by atoms with E-state index in [1.807, 2.05) is 5.32 Å². The molecule has 0 aromatic rings. The van der Waals surface area contributed by atoms with Crippen LogP contribution in [0.15, 0.2) is 5.18 Å². The lowest BCUT2D eigenvalue weighted by Crippen LogP contribution is -2.40. The van der Waals surface area contributed by atoms with Crippen LogP contribution in [0, 0.1) is 17.3 Å². The number of unbranched alkanes of at least 4 members (excludes halogenated alkanes) is 1. The van der Waals surface area contributed by atoms with Gasteiger partial charge in [-0.05, 0) is 19.3 Å². The molecule has 0 spiro atoms. The molecule has 0 radical (unpaired) electrons. The molecule has 9 heteroatoms. The Balaban J connectivity index is 4.19. The summed E-state index contributed by atoms with van der Waals surface area (Å²) < 4.78 is 25.2. The first-order valence-electron chi connectivity index (χ1n) is 6.98. The largest absolute Gasteiger partial charge is 0.351 e. The number of nitroso groups, excluding NO2 is 1. The SMILES string of the molecule is C#CCCC(=O)NC(CCCCNC(=O)C(C)(F)F)C(=O)N=O. The number of carbonyl (C=O) groups is 3. The molecule has 0 bridgehead atoms. The van der Waals surface area contributed by atoms with Gasteiger partial charge in [-0.2, -0.15) is 8.78 Å². The Hall–Kier alpha value is -2.37. The summed E-state index contributed by atoms with van der Waals surface area (Å²) in [5.74, 6) is -4.08. The molecule has 2 N–H and O–H groups in total. The highest BCUT2D eigenvalue weighted by molar-refractivity contribution is 5.88. The fraction of sp³-hybridized carbons (Fsp3) is 0.643. The third kappa shape index (κ3) is 9.29. The highest BCUT2D eigenvalue weighted by Crippen LogP contribution is 2.11. The zero-order valence-corrected chi connectivity index (χ0v) is 12.7. The van der Waals surface area contributed by atoms with Crippen molar-refractivity contribution in [2.75, 3.05) is 6.54 Å². The van der Waals surface area contributed by atoms with E-state index in [1.54, 1.807) is 0 Å². The van der Waals surface area contributed by atoms with E-state index in [9.17, 15) is 28.1 Å². The molecule has 0 aliphatic rings. The first kappa shape index (κ1) is 20.6. The molecule has 1 atom stereocenters. The summed E-state index contributed by atoms with van der Waals surface area (Å²) in [5, 5.41) is 6.65. The monoisotopic (exact) mass is 331 g/mol. The molecule has 0 fully saturated rings. The Labute approximate surface area is 132 Å². The third-order valence-electron chi connectivity index (χ3n) is 2.82. The van der Waals surface area contributed by atoms with E-state index in [2.05, 4.69) is 16.4 Å². The molecule has 0 aromatic heterocycles. The van der Waals surface area contributed by atoms with Crippen LogP contribution in [0.5, 0.6) is 0 Å². The Bertz CT molecular complexity index is 483. The number of hydrogen-bond donors (Lipinski definition) is 2. The van der Waals surface area contributed by atoms with Gasteiger partial charge >= 0.3 is 11.8 Å². The minimum atomic E-state index is -3.45. The molecule has 128 valence electrons. The number of alkyl halides is 2. The first-order chi connectivity index (χ1) is 10.7. The smallest absolute Gasteiger partial charge is 0.321 e. The van der Waals surface area contributed by atoms with E-state index in [0.717, 1.165) is 0 Å². The Morgan fingerprint density at radius 3 is 2.48 bits per heavy atom. The Morgan fingerprint density at radius 2 is 1.96 bits per heavy atom. The number of nitrogens with zero attached hydrogens (tertiary/aromatic N) is 1. The number of terminal acetylenes is 1. The van der Waals surface area contributed by atoms with Gasteiger partial charge in [0.25, 0.3) is 5.91 Å². The second-order valence-corrected chi connectivity index (χ2v) is 4.89. The van der Waals surface area contributed by atoms with Gasteiger partial charge < -0.3 is 10.6 Å². The summed E-state index contributed by atoms with van der Waals surface area (Å²) in [4.78, 5) is 44.0. The lowest BCUT2D eigenvalue weighted by Gasteiger charge is -2.14. The van der Waals surface area contributed by atoms with E-state index in [0.29, 0.717) is 19.8 Å². The second-order valence-electron chi connectivity index (χ2n) is 4.89. The van der Waals surface area contributed by atoms with Crippen molar-refractivity contribution in [1.29, 1.82) is 0 Å². The lowest BCUT2D eigenvalue weighted by molar-refractivity contribution is -0.143. The zero-order valence-electron chi connectivity index (χ0n) is 12.7. The van der Waals surface area contributed by atoms with Crippen LogP contribution in [0.25, 0.3) is 0 Å². The second kappa shape index (κ2) is 10.4. The van der Waals surface area contributed by atoms with Gasteiger partial charge in [-0.1, -0.05) is 0 Å².